The van der Waals surface area contributed by atoms with Crippen molar-refractivity contribution in [3.8, 4) is 0 Å². The number of carbonyl (C=O) groups is 1. The van der Waals surface area contributed by atoms with E-state index >= 15 is 0 Å². The molecule has 120 valence electrons. The van der Waals surface area contributed by atoms with E-state index in [4.69, 9.17) is 5.11 Å². The first-order valence-corrected chi connectivity index (χ1v) is 8.84. The van der Waals surface area contributed by atoms with Gasteiger partial charge in [-0.05, 0) is 48.6 Å². The van der Waals surface area contributed by atoms with E-state index in [-0.39, 0.29) is 22.4 Å². The maximum absolute atomic E-state index is 12.2. The Kier molecular flexibility index (Phi) is 4.19. The molecule has 6 heteroatoms. The number of hydrogen-bond acceptors (Lipinski definition) is 3. The fourth-order valence-electron chi connectivity index (χ4n) is 2.80. The summed E-state index contributed by atoms with van der Waals surface area (Å²) in [7, 11) is -3.49. The quantitative estimate of drug-likeness (QED) is 0.882. The van der Waals surface area contributed by atoms with E-state index in [1.165, 1.54) is 0 Å². The van der Waals surface area contributed by atoms with Crippen molar-refractivity contribution >= 4 is 16.0 Å². The number of carboxylic acid groups (broad SMARTS) is 1. The third kappa shape index (κ3) is 3.43. The highest BCUT2D eigenvalue weighted by Crippen LogP contribution is 2.37. The van der Waals surface area contributed by atoms with Crippen LogP contribution in [0.15, 0.2) is 59.5 Å². The van der Waals surface area contributed by atoms with Crippen molar-refractivity contribution in [1.29, 1.82) is 0 Å². The van der Waals surface area contributed by atoms with Gasteiger partial charge >= 0.3 is 5.97 Å². The Morgan fingerprint density at radius 2 is 1.74 bits per heavy atom. The molecule has 0 unspecified atom stereocenters. The summed E-state index contributed by atoms with van der Waals surface area (Å²) in [6.07, 6.45) is 1.35. The van der Waals surface area contributed by atoms with Gasteiger partial charge in [0.15, 0.2) is 0 Å². The predicted molar refractivity (Wildman–Crippen MR) is 85.9 cm³/mol. The monoisotopic (exact) mass is 331 g/mol. The minimum absolute atomic E-state index is 0.112. The van der Waals surface area contributed by atoms with Crippen molar-refractivity contribution in [3.05, 3.63) is 65.7 Å². The van der Waals surface area contributed by atoms with Crippen LogP contribution in [0.5, 0.6) is 0 Å². The van der Waals surface area contributed by atoms with E-state index in [2.05, 4.69) is 4.72 Å². The molecule has 2 N–H and O–H groups in total. The molecule has 0 spiro atoms. The first-order chi connectivity index (χ1) is 11.0. The fraction of sp³-hybridized carbons (Fsp3) is 0.235. The highest BCUT2D eigenvalue weighted by molar-refractivity contribution is 7.89. The molecule has 0 heterocycles. The topological polar surface area (TPSA) is 83.5 Å². The van der Waals surface area contributed by atoms with Crippen LogP contribution < -0.4 is 4.72 Å². The van der Waals surface area contributed by atoms with Gasteiger partial charge in [-0.1, -0.05) is 30.3 Å². The minimum atomic E-state index is -3.49. The van der Waals surface area contributed by atoms with E-state index in [1.807, 2.05) is 6.07 Å². The molecule has 0 atom stereocenters. The zero-order valence-electron chi connectivity index (χ0n) is 12.3. The molecule has 23 heavy (non-hydrogen) atoms. The second-order valence-electron chi connectivity index (χ2n) is 5.73. The molecule has 1 saturated carbocycles. The molecular formula is C17H17NO4S. The summed E-state index contributed by atoms with van der Waals surface area (Å²) in [5.74, 6) is -0.759. The van der Waals surface area contributed by atoms with Crippen LogP contribution >= 0.6 is 0 Å². The Balaban J connectivity index is 1.64. The maximum atomic E-state index is 12.2. The van der Waals surface area contributed by atoms with Gasteiger partial charge in [0, 0.05) is 6.04 Å². The van der Waals surface area contributed by atoms with E-state index < -0.39 is 16.0 Å². The summed E-state index contributed by atoms with van der Waals surface area (Å²) < 4.78 is 27.2. The Morgan fingerprint density at radius 3 is 2.39 bits per heavy atom. The van der Waals surface area contributed by atoms with Crippen LogP contribution in [-0.2, 0) is 10.0 Å². The highest BCUT2D eigenvalue weighted by Gasteiger charge is 2.33. The molecule has 3 rings (SSSR count). The van der Waals surface area contributed by atoms with E-state index in [9.17, 15) is 13.2 Å². The maximum Gasteiger partial charge on any atom is 0.335 e. The lowest BCUT2D eigenvalue weighted by molar-refractivity contribution is 0.0696. The van der Waals surface area contributed by atoms with E-state index in [0.29, 0.717) is 12.8 Å². The lowest BCUT2D eigenvalue weighted by atomic mass is 9.76. The van der Waals surface area contributed by atoms with E-state index in [0.717, 1.165) is 5.56 Å². The number of sulfonamides is 1. The summed E-state index contributed by atoms with van der Waals surface area (Å²) >= 11 is 0. The normalized spacial score (nSPS) is 20.7. The van der Waals surface area contributed by atoms with Crippen molar-refractivity contribution in [3.63, 3.8) is 0 Å². The SMILES string of the molecule is O=C(O)c1cccc(C2CC(NS(=O)(=O)c3ccccc3)C2)c1. The van der Waals surface area contributed by atoms with Crippen LogP contribution in [0.25, 0.3) is 0 Å². The number of nitrogens with one attached hydrogen (secondary N) is 1. The van der Waals surface area contributed by atoms with Crippen LogP contribution in [-0.4, -0.2) is 25.5 Å². The molecule has 0 radical (unpaired) electrons. The third-order valence-electron chi connectivity index (χ3n) is 4.12. The Bertz CT molecular complexity index is 811. The largest absolute Gasteiger partial charge is 0.478 e. The number of hydrogen-bond donors (Lipinski definition) is 2. The molecule has 0 amide bonds. The first kappa shape index (κ1) is 15.7. The molecule has 0 aliphatic heterocycles. The smallest absolute Gasteiger partial charge is 0.335 e. The molecule has 1 aliphatic carbocycles. The lowest BCUT2D eigenvalue weighted by Crippen LogP contribution is -2.43. The standard InChI is InChI=1S/C17H17NO4S/c19-17(20)13-6-4-5-12(9-13)14-10-15(11-14)18-23(21,22)16-7-2-1-3-8-16/h1-9,14-15,18H,10-11H2,(H,19,20). The van der Waals surface area contributed by atoms with Gasteiger partial charge in [-0.25, -0.2) is 17.9 Å². The molecule has 0 bridgehead atoms. The van der Waals surface area contributed by atoms with E-state index in [1.54, 1.807) is 48.5 Å². The van der Waals surface area contributed by atoms with Crippen molar-refractivity contribution in [2.45, 2.75) is 29.7 Å². The van der Waals surface area contributed by atoms with Crippen LogP contribution in [0, 0.1) is 0 Å². The fourth-order valence-corrected chi connectivity index (χ4v) is 4.08. The highest BCUT2D eigenvalue weighted by atomic mass is 32.2. The molecule has 2 aromatic carbocycles. The first-order valence-electron chi connectivity index (χ1n) is 7.36. The molecule has 1 fully saturated rings. The summed E-state index contributed by atoms with van der Waals surface area (Å²) in [5, 5.41) is 9.02. The zero-order chi connectivity index (χ0) is 16.4. The average Bonchev–Trinajstić information content (AvgIpc) is 2.51. The van der Waals surface area contributed by atoms with Crippen LogP contribution in [0.4, 0.5) is 0 Å². The van der Waals surface area contributed by atoms with Crippen LogP contribution in [0.2, 0.25) is 0 Å². The van der Waals surface area contributed by atoms with Gasteiger partial charge < -0.3 is 5.11 Å². The molecule has 2 aromatic rings. The summed E-state index contributed by atoms with van der Waals surface area (Å²) in [6, 6.07) is 15.0. The number of aromatic carboxylic acids is 1. The van der Waals surface area contributed by atoms with Crippen LogP contribution in [0.3, 0.4) is 0 Å². The zero-order valence-corrected chi connectivity index (χ0v) is 13.2. The summed E-state index contributed by atoms with van der Waals surface area (Å²) in [4.78, 5) is 11.3. The Morgan fingerprint density at radius 1 is 1.04 bits per heavy atom. The Labute approximate surface area is 135 Å². The predicted octanol–water partition coefficient (Wildman–Crippen LogP) is 2.61. The summed E-state index contributed by atoms with van der Waals surface area (Å²) in [6.45, 7) is 0. The molecule has 1 aliphatic rings. The van der Waals surface area contributed by atoms with Gasteiger partial charge in [-0.15, -0.1) is 0 Å². The summed E-state index contributed by atoms with van der Waals surface area (Å²) in [5.41, 5.74) is 1.20. The van der Waals surface area contributed by atoms with Gasteiger partial charge in [0.05, 0.1) is 10.5 Å². The minimum Gasteiger partial charge on any atom is -0.478 e. The molecule has 0 saturated heterocycles. The van der Waals surface area contributed by atoms with Crippen molar-refractivity contribution in [2.75, 3.05) is 0 Å². The van der Waals surface area contributed by atoms with Gasteiger partial charge in [0.2, 0.25) is 10.0 Å². The average molecular weight is 331 g/mol. The second kappa shape index (κ2) is 6.14. The Hall–Kier alpha value is -2.18. The van der Waals surface area contributed by atoms with Crippen molar-refractivity contribution in [2.24, 2.45) is 0 Å². The second-order valence-corrected chi connectivity index (χ2v) is 7.44. The molecule has 0 aromatic heterocycles. The van der Waals surface area contributed by atoms with Crippen LogP contribution in [0.1, 0.15) is 34.7 Å². The van der Waals surface area contributed by atoms with Gasteiger partial charge in [0.25, 0.3) is 0 Å². The van der Waals surface area contributed by atoms with Crippen molar-refractivity contribution in [1.82, 2.24) is 4.72 Å². The van der Waals surface area contributed by atoms with Crippen molar-refractivity contribution < 1.29 is 18.3 Å². The number of benzene rings is 2. The van der Waals surface area contributed by atoms with Gasteiger partial charge in [-0.2, -0.15) is 0 Å². The molecular weight excluding hydrogens is 314 g/mol. The van der Waals surface area contributed by atoms with Gasteiger partial charge in [-0.3, -0.25) is 0 Å². The van der Waals surface area contributed by atoms with Gasteiger partial charge in [0.1, 0.15) is 0 Å². The number of rotatable bonds is 5. The third-order valence-corrected chi connectivity index (χ3v) is 5.65. The molecule has 5 nitrogen and oxygen atoms in total. The lowest BCUT2D eigenvalue weighted by Gasteiger charge is -2.36. The number of carboxylic acids is 1.